The number of aromatic nitrogens is 1. The zero-order valence-corrected chi connectivity index (χ0v) is 10.4. The Balaban J connectivity index is 3.24. The normalized spacial score (nSPS) is 10.7. The van der Waals surface area contributed by atoms with Crippen LogP contribution in [0.1, 0.15) is 35.0 Å². The van der Waals surface area contributed by atoms with E-state index in [1.54, 1.807) is 6.92 Å². The van der Waals surface area contributed by atoms with E-state index in [1.165, 1.54) is 0 Å². The van der Waals surface area contributed by atoms with Crippen molar-refractivity contribution in [2.75, 3.05) is 6.61 Å². The lowest BCUT2D eigenvalue weighted by Gasteiger charge is -2.10. The van der Waals surface area contributed by atoms with Crippen molar-refractivity contribution in [3.05, 3.63) is 28.0 Å². The highest BCUT2D eigenvalue weighted by Gasteiger charge is 2.21. The fraction of sp³-hybridized carbons (Fsp3) is 0.400. The molecule has 1 aromatic rings. The second-order valence-electron chi connectivity index (χ2n) is 3.02. The molecular formula is C10H9Cl2F2NO2. The molecule has 0 fully saturated rings. The van der Waals surface area contributed by atoms with E-state index in [-0.39, 0.29) is 28.9 Å². The van der Waals surface area contributed by atoms with E-state index in [2.05, 4.69) is 9.72 Å². The highest BCUT2D eigenvalue weighted by Crippen LogP contribution is 2.29. The molecule has 1 heterocycles. The van der Waals surface area contributed by atoms with Crippen LogP contribution in [0.2, 0.25) is 5.15 Å². The Bertz CT molecular complexity index is 427. The highest BCUT2D eigenvalue weighted by molar-refractivity contribution is 6.31. The molecule has 7 heteroatoms. The molecule has 0 aliphatic carbocycles. The Kier molecular flexibility index (Phi) is 5.08. The topological polar surface area (TPSA) is 39.2 Å². The predicted molar refractivity (Wildman–Crippen MR) is 59.7 cm³/mol. The van der Waals surface area contributed by atoms with Gasteiger partial charge < -0.3 is 4.74 Å². The van der Waals surface area contributed by atoms with Gasteiger partial charge in [-0.15, -0.1) is 11.6 Å². The number of rotatable bonds is 4. The Morgan fingerprint density at radius 1 is 1.59 bits per heavy atom. The summed E-state index contributed by atoms with van der Waals surface area (Å²) >= 11 is 11.2. The monoisotopic (exact) mass is 283 g/mol. The van der Waals surface area contributed by atoms with Gasteiger partial charge >= 0.3 is 5.97 Å². The number of pyridine rings is 1. The summed E-state index contributed by atoms with van der Waals surface area (Å²) in [5.74, 6) is -0.994. The number of halogens is 4. The van der Waals surface area contributed by atoms with E-state index < -0.39 is 18.0 Å². The average Bonchev–Trinajstić information content (AvgIpc) is 2.28. The number of hydrogen-bond donors (Lipinski definition) is 0. The summed E-state index contributed by atoms with van der Waals surface area (Å²) in [4.78, 5) is 15.0. The van der Waals surface area contributed by atoms with Crippen LogP contribution in [-0.2, 0) is 10.6 Å². The minimum absolute atomic E-state index is 0.0244. The van der Waals surface area contributed by atoms with E-state index in [0.29, 0.717) is 0 Å². The van der Waals surface area contributed by atoms with Gasteiger partial charge in [-0.25, -0.2) is 18.6 Å². The lowest BCUT2D eigenvalue weighted by atomic mass is 10.1. The van der Waals surface area contributed by atoms with Crippen LogP contribution >= 0.6 is 23.2 Å². The first kappa shape index (κ1) is 14.1. The van der Waals surface area contributed by atoms with Crippen molar-refractivity contribution in [1.29, 1.82) is 0 Å². The average molecular weight is 284 g/mol. The maximum Gasteiger partial charge on any atom is 0.356 e. The molecule has 0 bridgehead atoms. The lowest BCUT2D eigenvalue weighted by Crippen LogP contribution is -2.10. The van der Waals surface area contributed by atoms with Crippen molar-refractivity contribution >= 4 is 29.2 Å². The van der Waals surface area contributed by atoms with Gasteiger partial charge in [-0.3, -0.25) is 0 Å². The first-order valence-corrected chi connectivity index (χ1v) is 5.63. The molecule has 0 aliphatic rings. The zero-order valence-electron chi connectivity index (χ0n) is 8.84. The molecule has 0 radical (unpaired) electrons. The van der Waals surface area contributed by atoms with E-state index in [9.17, 15) is 13.6 Å². The lowest BCUT2D eigenvalue weighted by molar-refractivity contribution is 0.0519. The SMILES string of the molecule is CCOC(=O)c1cc(C(F)F)c(CCl)c(Cl)n1. The molecule has 0 aliphatic heterocycles. The van der Waals surface area contributed by atoms with Crippen molar-refractivity contribution in [3.63, 3.8) is 0 Å². The molecule has 1 rings (SSSR count). The van der Waals surface area contributed by atoms with E-state index in [0.717, 1.165) is 6.07 Å². The molecule has 0 saturated carbocycles. The molecule has 0 spiro atoms. The Morgan fingerprint density at radius 3 is 2.71 bits per heavy atom. The van der Waals surface area contributed by atoms with Crippen LogP contribution in [-0.4, -0.2) is 17.6 Å². The molecule has 94 valence electrons. The fourth-order valence-electron chi connectivity index (χ4n) is 1.20. The van der Waals surface area contributed by atoms with Gasteiger partial charge in [0.2, 0.25) is 0 Å². The van der Waals surface area contributed by atoms with Gasteiger partial charge in [0, 0.05) is 11.1 Å². The van der Waals surface area contributed by atoms with Gasteiger partial charge in [0.05, 0.1) is 12.5 Å². The van der Waals surface area contributed by atoms with Gasteiger partial charge in [0.15, 0.2) is 5.69 Å². The minimum atomic E-state index is -2.78. The van der Waals surface area contributed by atoms with Crippen LogP contribution in [0.15, 0.2) is 6.07 Å². The summed E-state index contributed by atoms with van der Waals surface area (Å²) < 4.78 is 30.1. The quantitative estimate of drug-likeness (QED) is 0.482. The molecule has 0 N–H and O–H groups in total. The van der Waals surface area contributed by atoms with Crippen molar-refractivity contribution in [2.24, 2.45) is 0 Å². The van der Waals surface area contributed by atoms with Crippen LogP contribution in [0.4, 0.5) is 8.78 Å². The minimum Gasteiger partial charge on any atom is -0.461 e. The second kappa shape index (κ2) is 6.12. The molecule has 0 unspecified atom stereocenters. The third-order valence-electron chi connectivity index (χ3n) is 1.96. The van der Waals surface area contributed by atoms with Crippen molar-refractivity contribution in [3.8, 4) is 0 Å². The first-order valence-electron chi connectivity index (χ1n) is 4.71. The van der Waals surface area contributed by atoms with Gasteiger partial charge in [0.25, 0.3) is 6.43 Å². The maximum atomic E-state index is 12.7. The zero-order chi connectivity index (χ0) is 13.0. The van der Waals surface area contributed by atoms with E-state index >= 15 is 0 Å². The summed E-state index contributed by atoms with van der Waals surface area (Å²) in [7, 11) is 0. The largest absolute Gasteiger partial charge is 0.461 e. The van der Waals surface area contributed by atoms with Crippen molar-refractivity contribution in [1.82, 2.24) is 4.98 Å². The third-order valence-corrected chi connectivity index (χ3v) is 2.54. The number of nitrogens with zero attached hydrogens (tertiary/aromatic N) is 1. The summed E-state index contributed by atoms with van der Waals surface area (Å²) in [6, 6.07) is 0.951. The molecule has 0 atom stereocenters. The van der Waals surface area contributed by atoms with Gasteiger partial charge in [-0.2, -0.15) is 0 Å². The highest BCUT2D eigenvalue weighted by atomic mass is 35.5. The summed E-state index contributed by atoms with van der Waals surface area (Å²) in [5.41, 5.74) is -0.625. The maximum absolute atomic E-state index is 12.7. The first-order chi connectivity index (χ1) is 8.01. The standard InChI is InChI=1S/C10H9Cl2F2NO2/c1-2-17-10(16)7-3-5(9(13)14)6(4-11)8(12)15-7/h3,9H,2,4H2,1H3. The predicted octanol–water partition coefficient (Wildman–Crippen LogP) is 3.59. The van der Waals surface area contributed by atoms with Crippen molar-refractivity contribution < 1.29 is 18.3 Å². The Labute approximate surface area is 107 Å². The third kappa shape index (κ3) is 3.26. The van der Waals surface area contributed by atoms with Gasteiger partial charge in [-0.05, 0) is 13.0 Å². The number of ether oxygens (including phenoxy) is 1. The molecule has 0 aromatic carbocycles. The molecule has 0 saturated heterocycles. The molecular weight excluding hydrogens is 275 g/mol. The molecule has 0 amide bonds. The second-order valence-corrected chi connectivity index (χ2v) is 3.65. The van der Waals surface area contributed by atoms with Crippen LogP contribution in [0, 0.1) is 0 Å². The van der Waals surface area contributed by atoms with Gasteiger partial charge in [0.1, 0.15) is 5.15 Å². The van der Waals surface area contributed by atoms with Gasteiger partial charge in [-0.1, -0.05) is 11.6 Å². The number of carbonyl (C=O) groups is 1. The molecule has 17 heavy (non-hydrogen) atoms. The summed E-state index contributed by atoms with van der Waals surface area (Å²) in [6.45, 7) is 1.72. The van der Waals surface area contributed by atoms with Crippen molar-refractivity contribution in [2.45, 2.75) is 19.2 Å². The summed E-state index contributed by atoms with van der Waals surface area (Å²) in [6.07, 6.45) is -2.78. The number of esters is 1. The Hall–Kier alpha value is -0.940. The number of carbonyl (C=O) groups excluding carboxylic acids is 1. The molecule has 1 aromatic heterocycles. The Morgan fingerprint density at radius 2 is 2.24 bits per heavy atom. The number of alkyl halides is 3. The smallest absolute Gasteiger partial charge is 0.356 e. The van der Waals surface area contributed by atoms with E-state index in [1.807, 2.05) is 0 Å². The number of hydrogen-bond acceptors (Lipinski definition) is 3. The van der Waals surface area contributed by atoms with Crippen LogP contribution in [0.25, 0.3) is 0 Å². The molecule has 3 nitrogen and oxygen atoms in total. The van der Waals surface area contributed by atoms with E-state index in [4.69, 9.17) is 23.2 Å². The van der Waals surface area contributed by atoms with Crippen LogP contribution < -0.4 is 0 Å². The summed E-state index contributed by atoms with van der Waals surface area (Å²) in [5, 5.41) is -0.208. The van der Waals surface area contributed by atoms with Crippen LogP contribution in [0.5, 0.6) is 0 Å². The van der Waals surface area contributed by atoms with Crippen LogP contribution in [0.3, 0.4) is 0 Å². The fourth-order valence-corrected chi connectivity index (χ4v) is 1.81.